The lowest BCUT2D eigenvalue weighted by Gasteiger charge is -2.51. The first-order chi connectivity index (χ1) is 33.3. The van der Waals surface area contributed by atoms with Gasteiger partial charge in [-0.15, -0.1) is 0 Å². The molecule has 2 aromatic rings. The van der Waals surface area contributed by atoms with E-state index in [0.29, 0.717) is 13.0 Å². The molecular formula is C55H95N3O12Si2. The van der Waals surface area contributed by atoms with E-state index in [1.54, 1.807) is 13.8 Å². The van der Waals surface area contributed by atoms with Crippen LogP contribution < -0.4 is 0 Å². The Balaban J connectivity index is 1.70. The van der Waals surface area contributed by atoms with Gasteiger partial charge in [-0.3, -0.25) is 9.78 Å². The van der Waals surface area contributed by atoms with Gasteiger partial charge in [0.05, 0.1) is 59.8 Å². The number of hydrogen-bond acceptors (Lipinski definition) is 15. The molecule has 3 fully saturated rings. The Morgan fingerprint density at radius 1 is 0.903 bits per heavy atom. The third kappa shape index (κ3) is 15.5. The Bertz CT molecular complexity index is 2080. The molecule has 1 aromatic carbocycles. The van der Waals surface area contributed by atoms with Crippen molar-refractivity contribution >= 4 is 39.6 Å². The van der Waals surface area contributed by atoms with Crippen molar-refractivity contribution in [1.29, 1.82) is 0 Å². The highest BCUT2D eigenvalue weighted by atomic mass is 28.4. The maximum atomic E-state index is 14.9. The summed E-state index contributed by atoms with van der Waals surface area (Å²) in [6, 6.07) is 9.54. The summed E-state index contributed by atoms with van der Waals surface area (Å²) in [6.45, 7) is 32.4. The number of cyclic esters (lactones) is 1. The summed E-state index contributed by atoms with van der Waals surface area (Å²) in [5, 5.41) is 37.2. The van der Waals surface area contributed by atoms with Crippen molar-refractivity contribution in [3.05, 3.63) is 48.2 Å². The molecule has 15 nitrogen and oxygen atoms in total. The maximum Gasteiger partial charge on any atom is 0.311 e. The first-order valence-electron chi connectivity index (χ1n) is 26.6. The first kappa shape index (κ1) is 60.7. The average Bonchev–Trinajstić information content (AvgIpc) is 3.27. The molecule has 3 N–H and O–H groups in total. The fourth-order valence-corrected chi connectivity index (χ4v) is 13.7. The van der Waals surface area contributed by atoms with Gasteiger partial charge < -0.3 is 62.4 Å². The van der Waals surface area contributed by atoms with Gasteiger partial charge in [0.1, 0.15) is 23.9 Å². The number of para-hydroxylation sites is 1. The summed E-state index contributed by atoms with van der Waals surface area (Å²) in [5.41, 5.74) is -2.42. The molecule has 1 unspecified atom stereocenters. The molecule has 0 aliphatic carbocycles. The van der Waals surface area contributed by atoms with Crippen molar-refractivity contribution in [2.45, 2.75) is 225 Å². The monoisotopic (exact) mass is 1050 g/mol. The number of carbonyl (C=O) groups excluding carboxylic acids is 1. The van der Waals surface area contributed by atoms with Crippen molar-refractivity contribution < 1.29 is 57.4 Å². The number of aliphatic hydroxyl groups excluding tert-OH is 1. The molecule has 72 heavy (non-hydrogen) atoms. The van der Waals surface area contributed by atoms with Gasteiger partial charge in [-0.1, -0.05) is 51.1 Å². The number of aliphatic hydroxyl groups is 3. The van der Waals surface area contributed by atoms with Crippen LogP contribution in [0.5, 0.6) is 0 Å². The van der Waals surface area contributed by atoms with E-state index in [0.717, 1.165) is 22.9 Å². The molecule has 0 spiro atoms. The number of hydrogen-bond donors (Lipinski definition) is 3. The molecule has 0 radical (unpaired) electrons. The van der Waals surface area contributed by atoms with Gasteiger partial charge in [-0.05, 0) is 152 Å². The van der Waals surface area contributed by atoms with E-state index in [1.807, 2.05) is 82.3 Å². The number of pyridine rings is 1. The number of rotatable bonds is 14. The molecule has 3 saturated heterocycles. The quantitative estimate of drug-likeness (QED) is 0.122. The van der Waals surface area contributed by atoms with Crippen LogP contribution in [0.1, 0.15) is 100 Å². The molecule has 0 amide bonds. The van der Waals surface area contributed by atoms with E-state index in [4.69, 9.17) is 37.3 Å². The minimum Gasteiger partial charge on any atom is -0.459 e. The molecule has 4 heterocycles. The highest BCUT2D eigenvalue weighted by Crippen LogP contribution is 2.42. The lowest BCUT2D eigenvalue weighted by molar-refractivity contribution is -0.316. The van der Waals surface area contributed by atoms with Gasteiger partial charge in [-0.25, -0.2) is 0 Å². The number of benzene rings is 1. The lowest BCUT2D eigenvalue weighted by atomic mass is 9.77. The normalized spacial score (nSPS) is 39.8. The Morgan fingerprint density at radius 2 is 1.56 bits per heavy atom. The lowest BCUT2D eigenvalue weighted by Crippen LogP contribution is -2.62. The topological polar surface area (TPSA) is 171 Å². The zero-order valence-electron chi connectivity index (χ0n) is 47.4. The number of fused-ring (bicyclic) bond motifs is 1. The summed E-state index contributed by atoms with van der Waals surface area (Å²) < 4.78 is 55.4. The number of carbonyl (C=O) groups is 1. The van der Waals surface area contributed by atoms with Gasteiger partial charge in [-0.2, -0.15) is 0 Å². The van der Waals surface area contributed by atoms with Crippen molar-refractivity contribution in [3.8, 4) is 0 Å². The van der Waals surface area contributed by atoms with E-state index in [9.17, 15) is 20.1 Å². The fraction of sp³-hybridized carbons (Fsp3) is 0.782. The Labute approximate surface area is 434 Å². The third-order valence-electron chi connectivity index (χ3n) is 15.1. The van der Waals surface area contributed by atoms with E-state index in [-0.39, 0.29) is 37.5 Å². The zero-order chi connectivity index (χ0) is 53.9. The summed E-state index contributed by atoms with van der Waals surface area (Å²) >= 11 is 0. The van der Waals surface area contributed by atoms with Crippen molar-refractivity contribution in [1.82, 2.24) is 14.8 Å². The second-order valence-electron chi connectivity index (χ2n) is 24.5. The molecule has 18 atom stereocenters. The number of likely N-dealkylation sites (N-methyl/N-ethyl adjacent to an activating group) is 2. The molecule has 0 bridgehead atoms. The van der Waals surface area contributed by atoms with E-state index >= 15 is 0 Å². The van der Waals surface area contributed by atoms with Crippen molar-refractivity contribution in [2.24, 2.45) is 17.8 Å². The average molecular weight is 1050 g/mol. The first-order valence-corrected chi connectivity index (χ1v) is 33.4. The molecular weight excluding hydrogens is 951 g/mol. The summed E-state index contributed by atoms with van der Waals surface area (Å²) in [4.78, 5) is 23.8. The number of nitrogens with zero attached hydrogens (tertiary/aromatic N) is 3. The molecule has 410 valence electrons. The molecule has 3 aliphatic rings. The Kier molecular flexibility index (Phi) is 20.6. The second-order valence-corrected chi connectivity index (χ2v) is 33.5. The van der Waals surface area contributed by atoms with E-state index in [1.165, 1.54) is 6.92 Å². The van der Waals surface area contributed by atoms with Crippen LogP contribution in [-0.2, 0) is 42.1 Å². The Morgan fingerprint density at radius 3 is 2.17 bits per heavy atom. The molecule has 0 saturated carbocycles. The highest BCUT2D eigenvalue weighted by molar-refractivity contribution is 6.70. The SMILES string of the molecule is CC[C@H]1OC(=O)[C@H](C)[C@@H](O[C@H]2CC(C)(O)[C@@H](O[Si](C)(C)C)[C@H](C)O2)[C@H](C)[C@@H](O[C@@H]2O[C@H](C)C[C@H](N(C)C)[C@H]2O[Si](C)(C)C)[C@](C)(OC/C=C/c2cnc3ccccc3c2)C[C@@H](C)CN(C)[C@H](C)[C@@H](O)[C@]1(C)O. The number of ether oxygens (including phenoxy) is 6. The number of aromatic nitrogens is 1. The molecule has 5 rings (SSSR count). The summed E-state index contributed by atoms with van der Waals surface area (Å²) in [7, 11) is 1.71. The highest BCUT2D eigenvalue weighted by Gasteiger charge is 2.54. The van der Waals surface area contributed by atoms with Crippen LogP contribution in [-0.4, -0.2) is 177 Å². The molecule has 3 aliphatic heterocycles. The van der Waals surface area contributed by atoms with Crippen LogP contribution in [0.3, 0.4) is 0 Å². The predicted octanol–water partition coefficient (Wildman–Crippen LogP) is 8.25. The molecule has 1 aromatic heterocycles. The number of esters is 1. The minimum absolute atomic E-state index is 0.0420. The van der Waals surface area contributed by atoms with E-state index in [2.05, 4.69) is 90.1 Å². The van der Waals surface area contributed by atoms with Gasteiger partial charge in [0, 0.05) is 42.6 Å². The molecule has 17 heteroatoms. The zero-order valence-corrected chi connectivity index (χ0v) is 49.4. The summed E-state index contributed by atoms with van der Waals surface area (Å²) in [5.74, 6) is -2.34. The predicted molar refractivity (Wildman–Crippen MR) is 288 cm³/mol. The standard InChI is InChI=1S/C55H95N3O12Si2/c1-20-44-55(10,62)48(59)38(6)58(13)33-34(2)30-54(9,63-27-23-24-40-29-41-25-21-22-26-42(41)56-32-40)49(68-52-47(69-71(14,15)16)43(57(11)12)28-35(3)64-52)36(4)46(37(5)51(60)66-44)67-45-31-53(8,61)50(39(7)65-45)70-72(17,18)19/h21-26,29,32,34-39,43-50,52,59,61-62H,20,27-28,30-31,33H2,1-19H3/b24-23+/t34-,35-,36+,37-,38-,39+,43+,44-,45+,46+,47-,48-,49-,50+,52+,53?,54-,55-/m1/s1. The van der Waals surface area contributed by atoms with Gasteiger partial charge in [0.25, 0.3) is 0 Å². The summed E-state index contributed by atoms with van der Waals surface area (Å²) in [6.07, 6.45) is -0.485. The fourth-order valence-electron chi connectivity index (χ4n) is 11.4. The van der Waals surface area contributed by atoms with Gasteiger partial charge in [0.15, 0.2) is 29.2 Å². The minimum atomic E-state index is -2.22. The smallest absolute Gasteiger partial charge is 0.311 e. The van der Waals surface area contributed by atoms with Gasteiger partial charge >= 0.3 is 5.97 Å². The van der Waals surface area contributed by atoms with Crippen LogP contribution in [0.25, 0.3) is 17.0 Å². The van der Waals surface area contributed by atoms with Crippen LogP contribution >= 0.6 is 0 Å². The van der Waals surface area contributed by atoms with Crippen molar-refractivity contribution in [3.63, 3.8) is 0 Å². The van der Waals surface area contributed by atoms with Crippen molar-refractivity contribution in [2.75, 3.05) is 34.3 Å². The largest absolute Gasteiger partial charge is 0.459 e. The van der Waals surface area contributed by atoms with Crippen LogP contribution in [0.4, 0.5) is 0 Å². The maximum absolute atomic E-state index is 14.9. The van der Waals surface area contributed by atoms with E-state index < -0.39 is 113 Å². The van der Waals surface area contributed by atoms with Crippen LogP contribution in [0.15, 0.2) is 42.6 Å². The van der Waals surface area contributed by atoms with Gasteiger partial charge in [0.2, 0.25) is 0 Å². The third-order valence-corrected chi connectivity index (χ3v) is 17.0. The van der Waals surface area contributed by atoms with Crippen LogP contribution in [0, 0.1) is 17.8 Å². The Hall–Kier alpha value is -2.21. The second kappa shape index (κ2) is 24.4. The van der Waals surface area contributed by atoms with Crippen LogP contribution in [0.2, 0.25) is 39.3 Å².